The van der Waals surface area contributed by atoms with Crippen molar-refractivity contribution in [3.05, 3.63) is 24.4 Å². The molecule has 0 saturated carbocycles. The van der Waals surface area contributed by atoms with E-state index in [2.05, 4.69) is 15.2 Å². The highest BCUT2D eigenvalue weighted by Gasteiger charge is 2.25. The van der Waals surface area contributed by atoms with Crippen LogP contribution in [0.2, 0.25) is 0 Å². The number of nitrogens with two attached hydrogens (primary N) is 1. The lowest BCUT2D eigenvalue weighted by atomic mass is 9.96. The molecule has 0 aliphatic carbocycles. The number of urea groups is 1. The Labute approximate surface area is 104 Å². The third-order valence-corrected chi connectivity index (χ3v) is 3.41. The van der Waals surface area contributed by atoms with Crippen molar-refractivity contribution in [2.75, 3.05) is 13.1 Å². The number of likely N-dealkylation sites (tertiary alicyclic amines) is 1. The maximum Gasteiger partial charge on any atom is 0.314 e. The predicted octanol–water partition coefficient (Wildman–Crippen LogP) is 0.382. The molecule has 2 amide bonds. The van der Waals surface area contributed by atoms with E-state index in [0.29, 0.717) is 19.0 Å². The largest absolute Gasteiger partial charge is 0.351 e. The Morgan fingerprint density at radius 3 is 2.83 bits per heavy atom. The van der Waals surface area contributed by atoms with Crippen LogP contribution in [-0.2, 0) is 0 Å². The number of primary amides is 1. The molecule has 0 spiro atoms. The van der Waals surface area contributed by atoms with Gasteiger partial charge in [-0.05, 0) is 12.8 Å². The van der Waals surface area contributed by atoms with E-state index in [1.54, 1.807) is 17.3 Å². The molecule has 1 fully saturated rings. The number of rotatable bonds is 1. The van der Waals surface area contributed by atoms with Gasteiger partial charge in [0.1, 0.15) is 5.82 Å². The summed E-state index contributed by atoms with van der Waals surface area (Å²) >= 11 is 0. The SMILES string of the molecule is NC(=O)N1CCC(c2nnc3cnccn23)CC1. The summed E-state index contributed by atoms with van der Waals surface area (Å²) in [7, 11) is 0. The van der Waals surface area contributed by atoms with Crippen molar-refractivity contribution in [2.45, 2.75) is 18.8 Å². The van der Waals surface area contributed by atoms with E-state index in [9.17, 15) is 4.79 Å². The van der Waals surface area contributed by atoms with E-state index >= 15 is 0 Å². The van der Waals surface area contributed by atoms with Gasteiger partial charge in [-0.15, -0.1) is 10.2 Å². The third-order valence-electron chi connectivity index (χ3n) is 3.41. The molecule has 1 aliphatic rings. The number of fused-ring (bicyclic) bond motifs is 1. The fourth-order valence-corrected chi connectivity index (χ4v) is 2.41. The van der Waals surface area contributed by atoms with E-state index in [0.717, 1.165) is 24.3 Å². The van der Waals surface area contributed by atoms with Crippen LogP contribution in [0, 0.1) is 0 Å². The first-order valence-electron chi connectivity index (χ1n) is 5.95. The lowest BCUT2D eigenvalue weighted by molar-refractivity contribution is 0.189. The van der Waals surface area contributed by atoms with Crippen LogP contribution < -0.4 is 5.73 Å². The molecule has 3 rings (SSSR count). The van der Waals surface area contributed by atoms with Crippen LogP contribution in [0.1, 0.15) is 24.6 Å². The Morgan fingerprint density at radius 1 is 1.33 bits per heavy atom. The molecule has 0 bridgehead atoms. The normalized spacial score (nSPS) is 17.2. The van der Waals surface area contributed by atoms with Crippen LogP contribution in [0.3, 0.4) is 0 Å². The summed E-state index contributed by atoms with van der Waals surface area (Å²) < 4.78 is 1.96. The molecule has 1 aliphatic heterocycles. The summed E-state index contributed by atoms with van der Waals surface area (Å²) in [5, 5.41) is 8.32. The number of amides is 2. The van der Waals surface area contributed by atoms with Crippen molar-refractivity contribution in [1.82, 2.24) is 24.5 Å². The molecule has 1 saturated heterocycles. The summed E-state index contributed by atoms with van der Waals surface area (Å²) in [4.78, 5) is 16.7. The van der Waals surface area contributed by atoms with Gasteiger partial charge >= 0.3 is 6.03 Å². The second-order valence-corrected chi connectivity index (χ2v) is 4.46. The number of nitrogens with zero attached hydrogens (tertiary/aromatic N) is 5. The highest BCUT2D eigenvalue weighted by molar-refractivity contribution is 5.72. The molecular formula is C11H14N6O. The van der Waals surface area contributed by atoms with Crippen LogP contribution in [0.4, 0.5) is 4.79 Å². The summed E-state index contributed by atoms with van der Waals surface area (Å²) in [6, 6.07) is -0.344. The molecule has 0 unspecified atom stereocenters. The summed E-state index contributed by atoms with van der Waals surface area (Å²) in [6.45, 7) is 1.36. The molecule has 2 aromatic heterocycles. The Bertz CT molecular complexity index is 572. The van der Waals surface area contributed by atoms with Gasteiger partial charge in [0.25, 0.3) is 0 Å². The van der Waals surface area contributed by atoms with Gasteiger partial charge in [0.15, 0.2) is 5.65 Å². The first-order chi connectivity index (χ1) is 8.75. The van der Waals surface area contributed by atoms with Gasteiger partial charge in [-0.1, -0.05) is 0 Å². The number of hydrogen-bond donors (Lipinski definition) is 1. The first-order valence-corrected chi connectivity index (χ1v) is 5.95. The van der Waals surface area contributed by atoms with Gasteiger partial charge in [-0.25, -0.2) is 4.79 Å². The zero-order chi connectivity index (χ0) is 12.5. The highest BCUT2D eigenvalue weighted by atomic mass is 16.2. The van der Waals surface area contributed by atoms with Crippen LogP contribution in [-0.4, -0.2) is 43.6 Å². The van der Waals surface area contributed by atoms with Crippen molar-refractivity contribution in [3.63, 3.8) is 0 Å². The molecule has 0 aromatic carbocycles. The minimum Gasteiger partial charge on any atom is -0.351 e. The number of hydrogen-bond acceptors (Lipinski definition) is 4. The van der Waals surface area contributed by atoms with Gasteiger partial charge in [0.2, 0.25) is 0 Å². The van der Waals surface area contributed by atoms with Gasteiger partial charge in [-0.3, -0.25) is 9.38 Å². The fraction of sp³-hybridized carbons (Fsp3) is 0.455. The smallest absolute Gasteiger partial charge is 0.314 e. The standard InChI is InChI=1S/C11H14N6O/c12-11(18)16-4-1-8(2-5-16)10-15-14-9-7-13-3-6-17(9)10/h3,6-8H,1-2,4-5H2,(H2,12,18). The highest BCUT2D eigenvalue weighted by Crippen LogP contribution is 2.26. The Kier molecular flexibility index (Phi) is 2.58. The molecule has 94 valence electrons. The molecule has 7 nitrogen and oxygen atoms in total. The molecule has 0 radical (unpaired) electrons. The van der Waals surface area contributed by atoms with Crippen LogP contribution >= 0.6 is 0 Å². The average molecular weight is 246 g/mol. The number of carbonyl (C=O) groups excluding carboxylic acids is 1. The van der Waals surface area contributed by atoms with Crippen LogP contribution in [0.25, 0.3) is 5.65 Å². The first kappa shape index (κ1) is 10.9. The molecule has 3 heterocycles. The van der Waals surface area contributed by atoms with Crippen LogP contribution in [0.5, 0.6) is 0 Å². The summed E-state index contributed by atoms with van der Waals surface area (Å²) in [5.41, 5.74) is 6.02. The third kappa shape index (κ3) is 1.77. The molecule has 2 aromatic rings. The fourth-order valence-electron chi connectivity index (χ4n) is 2.41. The monoisotopic (exact) mass is 246 g/mol. The molecule has 18 heavy (non-hydrogen) atoms. The quantitative estimate of drug-likeness (QED) is 0.787. The second-order valence-electron chi connectivity index (χ2n) is 4.46. The lowest BCUT2D eigenvalue weighted by Gasteiger charge is -2.29. The van der Waals surface area contributed by atoms with Gasteiger partial charge in [0.05, 0.1) is 6.20 Å². The van der Waals surface area contributed by atoms with E-state index in [1.807, 2.05) is 10.6 Å². The van der Waals surface area contributed by atoms with Gasteiger partial charge in [-0.2, -0.15) is 0 Å². The maximum atomic E-state index is 11.1. The van der Waals surface area contributed by atoms with Crippen molar-refractivity contribution < 1.29 is 4.79 Å². The minimum absolute atomic E-state index is 0.318. The van der Waals surface area contributed by atoms with Gasteiger partial charge < -0.3 is 10.6 Å². The molecule has 7 heteroatoms. The predicted molar refractivity (Wildman–Crippen MR) is 63.9 cm³/mol. The molecule has 2 N–H and O–H groups in total. The molecule has 0 atom stereocenters. The number of piperidine rings is 1. The summed E-state index contributed by atoms with van der Waals surface area (Å²) in [6.07, 6.45) is 7.01. The van der Waals surface area contributed by atoms with Crippen molar-refractivity contribution in [1.29, 1.82) is 0 Å². The van der Waals surface area contributed by atoms with E-state index in [1.165, 1.54) is 0 Å². The Balaban J connectivity index is 1.82. The van der Waals surface area contributed by atoms with E-state index in [-0.39, 0.29) is 6.03 Å². The zero-order valence-electron chi connectivity index (χ0n) is 9.86. The van der Waals surface area contributed by atoms with Crippen molar-refractivity contribution >= 4 is 11.7 Å². The average Bonchev–Trinajstić information content (AvgIpc) is 2.82. The Hall–Kier alpha value is -2.18. The number of carbonyl (C=O) groups is 1. The maximum absolute atomic E-state index is 11.1. The van der Waals surface area contributed by atoms with Crippen LogP contribution in [0.15, 0.2) is 18.6 Å². The van der Waals surface area contributed by atoms with Crippen molar-refractivity contribution in [3.8, 4) is 0 Å². The van der Waals surface area contributed by atoms with E-state index < -0.39 is 0 Å². The topological polar surface area (TPSA) is 89.4 Å². The number of aromatic nitrogens is 4. The minimum atomic E-state index is -0.344. The molecular weight excluding hydrogens is 232 g/mol. The van der Waals surface area contributed by atoms with Crippen molar-refractivity contribution in [2.24, 2.45) is 5.73 Å². The summed E-state index contributed by atoms with van der Waals surface area (Å²) in [5.74, 6) is 1.26. The Morgan fingerprint density at radius 2 is 2.11 bits per heavy atom. The zero-order valence-corrected chi connectivity index (χ0v) is 9.86. The lowest BCUT2D eigenvalue weighted by Crippen LogP contribution is -2.41. The van der Waals surface area contributed by atoms with E-state index in [4.69, 9.17) is 5.73 Å². The van der Waals surface area contributed by atoms with Gasteiger partial charge in [0, 0.05) is 31.4 Å². The second kappa shape index (κ2) is 4.25.